The Morgan fingerprint density at radius 1 is 1.18 bits per heavy atom. The lowest BCUT2D eigenvalue weighted by Crippen LogP contribution is -2.50. The monoisotopic (exact) mass is 262 g/mol. The minimum absolute atomic E-state index is 0.0967. The number of morpholine rings is 1. The molecule has 1 aliphatic heterocycles. The molecule has 17 heavy (non-hydrogen) atoms. The summed E-state index contributed by atoms with van der Waals surface area (Å²) in [6.07, 6.45) is 2.19. The SMILES string of the molecule is O=C1CCC(NS(=O)(=O)N2CCOCC2)CC1. The molecule has 0 atom stereocenters. The van der Waals surface area contributed by atoms with Gasteiger partial charge in [0.15, 0.2) is 0 Å². The molecule has 1 aliphatic carbocycles. The molecule has 0 unspecified atom stereocenters. The third-order valence-electron chi connectivity index (χ3n) is 3.17. The van der Waals surface area contributed by atoms with Crippen LogP contribution < -0.4 is 4.72 Å². The minimum Gasteiger partial charge on any atom is -0.379 e. The van der Waals surface area contributed by atoms with Crippen molar-refractivity contribution in [1.29, 1.82) is 0 Å². The van der Waals surface area contributed by atoms with Crippen LogP contribution in [0.5, 0.6) is 0 Å². The van der Waals surface area contributed by atoms with Gasteiger partial charge in [-0.2, -0.15) is 17.4 Å². The predicted octanol–water partition coefficient (Wildman–Crippen LogP) is -0.335. The number of carbonyl (C=O) groups excluding carboxylic acids is 1. The lowest BCUT2D eigenvalue weighted by molar-refractivity contribution is -0.120. The number of ketones is 1. The maximum atomic E-state index is 12.0. The van der Waals surface area contributed by atoms with Gasteiger partial charge in [-0.1, -0.05) is 0 Å². The minimum atomic E-state index is -3.41. The van der Waals surface area contributed by atoms with Crippen LogP contribution >= 0.6 is 0 Å². The zero-order valence-corrected chi connectivity index (χ0v) is 10.5. The second-order valence-electron chi connectivity index (χ2n) is 4.45. The van der Waals surface area contributed by atoms with Gasteiger partial charge in [-0.25, -0.2) is 0 Å². The van der Waals surface area contributed by atoms with E-state index in [1.807, 2.05) is 0 Å². The molecule has 7 heteroatoms. The molecular formula is C10H18N2O4S. The quantitative estimate of drug-likeness (QED) is 0.755. The standard InChI is InChI=1S/C10H18N2O4S/c13-10-3-1-9(2-4-10)11-17(14,15)12-5-7-16-8-6-12/h9,11H,1-8H2. The fourth-order valence-electron chi connectivity index (χ4n) is 2.13. The van der Waals surface area contributed by atoms with Gasteiger partial charge in [-0.15, -0.1) is 0 Å². The van der Waals surface area contributed by atoms with Crippen molar-refractivity contribution < 1.29 is 17.9 Å². The van der Waals surface area contributed by atoms with Gasteiger partial charge in [0.25, 0.3) is 10.2 Å². The Morgan fingerprint density at radius 2 is 1.76 bits per heavy atom. The highest BCUT2D eigenvalue weighted by Crippen LogP contribution is 2.16. The first-order chi connectivity index (χ1) is 8.08. The van der Waals surface area contributed by atoms with Gasteiger partial charge in [-0.05, 0) is 12.8 Å². The normalized spacial score (nSPS) is 25.1. The van der Waals surface area contributed by atoms with E-state index >= 15 is 0 Å². The fraction of sp³-hybridized carbons (Fsp3) is 0.900. The first-order valence-corrected chi connectivity index (χ1v) is 7.39. The lowest BCUT2D eigenvalue weighted by Gasteiger charge is -2.29. The molecule has 1 N–H and O–H groups in total. The third kappa shape index (κ3) is 3.48. The molecule has 0 aromatic carbocycles. The summed E-state index contributed by atoms with van der Waals surface area (Å²) in [5, 5.41) is 0. The van der Waals surface area contributed by atoms with Crippen molar-refractivity contribution in [2.45, 2.75) is 31.7 Å². The van der Waals surface area contributed by atoms with Crippen molar-refractivity contribution in [2.24, 2.45) is 0 Å². The van der Waals surface area contributed by atoms with E-state index in [-0.39, 0.29) is 11.8 Å². The van der Waals surface area contributed by atoms with Crippen LogP contribution in [0.4, 0.5) is 0 Å². The van der Waals surface area contributed by atoms with Crippen molar-refractivity contribution in [1.82, 2.24) is 9.03 Å². The first-order valence-electron chi connectivity index (χ1n) is 5.95. The van der Waals surface area contributed by atoms with Crippen molar-refractivity contribution in [2.75, 3.05) is 26.3 Å². The molecule has 2 aliphatic rings. The molecule has 98 valence electrons. The third-order valence-corrected chi connectivity index (χ3v) is 4.85. The van der Waals surface area contributed by atoms with Crippen molar-refractivity contribution in [3.63, 3.8) is 0 Å². The lowest BCUT2D eigenvalue weighted by atomic mass is 9.95. The van der Waals surface area contributed by atoms with E-state index in [1.165, 1.54) is 4.31 Å². The van der Waals surface area contributed by atoms with Gasteiger partial charge < -0.3 is 4.74 Å². The van der Waals surface area contributed by atoms with Gasteiger partial charge in [0.1, 0.15) is 5.78 Å². The highest BCUT2D eigenvalue weighted by atomic mass is 32.2. The zero-order chi connectivity index (χ0) is 12.3. The molecule has 2 fully saturated rings. The Morgan fingerprint density at radius 3 is 2.35 bits per heavy atom. The predicted molar refractivity (Wildman–Crippen MR) is 61.7 cm³/mol. The summed E-state index contributed by atoms with van der Waals surface area (Å²) in [6.45, 7) is 1.70. The summed E-state index contributed by atoms with van der Waals surface area (Å²) in [4.78, 5) is 11.1. The van der Waals surface area contributed by atoms with E-state index in [9.17, 15) is 13.2 Å². The van der Waals surface area contributed by atoms with E-state index < -0.39 is 10.2 Å². The molecule has 0 amide bonds. The van der Waals surface area contributed by atoms with Crippen molar-refractivity contribution in [3.05, 3.63) is 0 Å². The molecule has 1 heterocycles. The molecule has 6 nitrogen and oxygen atoms in total. The van der Waals surface area contributed by atoms with Crippen LogP contribution in [0.2, 0.25) is 0 Å². The highest BCUT2D eigenvalue weighted by molar-refractivity contribution is 7.87. The van der Waals surface area contributed by atoms with Crippen molar-refractivity contribution >= 4 is 16.0 Å². The van der Waals surface area contributed by atoms with Crippen LogP contribution in [0.3, 0.4) is 0 Å². The molecule has 1 saturated carbocycles. The second kappa shape index (κ2) is 5.43. The van der Waals surface area contributed by atoms with E-state index in [2.05, 4.69) is 4.72 Å². The summed E-state index contributed by atoms with van der Waals surface area (Å²) in [5.41, 5.74) is 0. The molecule has 2 rings (SSSR count). The Hall–Kier alpha value is -0.500. The summed E-state index contributed by atoms with van der Waals surface area (Å²) in [7, 11) is -3.41. The number of rotatable bonds is 3. The summed E-state index contributed by atoms with van der Waals surface area (Å²) in [6, 6.07) is -0.0967. The van der Waals surface area contributed by atoms with Crippen LogP contribution in [-0.2, 0) is 19.7 Å². The van der Waals surface area contributed by atoms with Crippen LogP contribution in [-0.4, -0.2) is 50.9 Å². The van der Waals surface area contributed by atoms with Crippen molar-refractivity contribution in [3.8, 4) is 0 Å². The van der Waals surface area contributed by atoms with Gasteiger partial charge in [0.2, 0.25) is 0 Å². The van der Waals surface area contributed by atoms with E-state index in [1.54, 1.807) is 0 Å². The second-order valence-corrected chi connectivity index (χ2v) is 6.15. The van der Waals surface area contributed by atoms with Crippen LogP contribution in [0, 0.1) is 0 Å². The molecular weight excluding hydrogens is 244 g/mol. The van der Waals surface area contributed by atoms with E-state index in [4.69, 9.17) is 4.74 Å². The molecule has 1 saturated heterocycles. The molecule has 0 spiro atoms. The van der Waals surface area contributed by atoms with Crippen LogP contribution in [0.1, 0.15) is 25.7 Å². The Kier molecular flexibility index (Phi) is 4.13. The number of Topliss-reactive ketones (excluding diaryl/α,β-unsaturated/α-hetero) is 1. The van der Waals surface area contributed by atoms with Gasteiger partial charge >= 0.3 is 0 Å². The number of hydrogen-bond donors (Lipinski definition) is 1. The molecule has 0 radical (unpaired) electrons. The fourth-order valence-corrected chi connectivity index (χ4v) is 3.57. The van der Waals surface area contributed by atoms with Crippen LogP contribution in [0.15, 0.2) is 0 Å². The first kappa shape index (κ1) is 12.9. The maximum Gasteiger partial charge on any atom is 0.279 e. The number of nitrogens with zero attached hydrogens (tertiary/aromatic N) is 1. The summed E-state index contributed by atoms with van der Waals surface area (Å²) in [5.74, 6) is 0.229. The molecule has 0 aromatic rings. The average Bonchev–Trinajstić information content (AvgIpc) is 2.33. The highest BCUT2D eigenvalue weighted by Gasteiger charge is 2.28. The zero-order valence-electron chi connectivity index (χ0n) is 9.72. The Bertz CT molecular complexity index is 366. The molecule has 0 bridgehead atoms. The molecule has 0 aromatic heterocycles. The number of carbonyl (C=O) groups is 1. The Labute approximate surface area is 101 Å². The smallest absolute Gasteiger partial charge is 0.279 e. The van der Waals surface area contributed by atoms with Gasteiger partial charge in [0, 0.05) is 32.0 Å². The van der Waals surface area contributed by atoms with Gasteiger partial charge in [0.05, 0.1) is 13.2 Å². The summed E-state index contributed by atoms with van der Waals surface area (Å²) < 4.78 is 33.2. The van der Waals surface area contributed by atoms with E-state index in [0.29, 0.717) is 52.0 Å². The average molecular weight is 262 g/mol. The van der Waals surface area contributed by atoms with Crippen LogP contribution in [0.25, 0.3) is 0 Å². The largest absolute Gasteiger partial charge is 0.379 e. The Balaban J connectivity index is 1.90. The number of nitrogens with one attached hydrogen (secondary N) is 1. The van der Waals surface area contributed by atoms with Gasteiger partial charge in [-0.3, -0.25) is 4.79 Å². The topological polar surface area (TPSA) is 75.7 Å². The van der Waals surface area contributed by atoms with E-state index in [0.717, 1.165) is 0 Å². The number of ether oxygens (including phenoxy) is 1. The summed E-state index contributed by atoms with van der Waals surface area (Å²) >= 11 is 0. The maximum absolute atomic E-state index is 12.0. The number of hydrogen-bond acceptors (Lipinski definition) is 4.